The zero-order valence-electron chi connectivity index (χ0n) is 19.0. The number of hydrogen-bond acceptors (Lipinski definition) is 3. The molecule has 0 aliphatic carbocycles. The predicted octanol–water partition coefficient (Wildman–Crippen LogP) is 5.89. The highest BCUT2D eigenvalue weighted by atomic mass is 79.9. The molecule has 9 heteroatoms. The standard InChI is InChI=1S/C26H22BrClN4O3/c1-3-16-7-10-19(11-8-16)29-25(34)26(35)31-32-22-12-9-18(27)13-17(22)14-23(32)24(33)30-21-6-4-5-20(28)15(21)2/h4-14H,3H2,1-2H3,(H,29,34)(H,30,33)(H,31,35). The summed E-state index contributed by atoms with van der Waals surface area (Å²) in [6.07, 6.45) is 0.866. The molecule has 0 saturated heterocycles. The molecule has 178 valence electrons. The first-order valence-electron chi connectivity index (χ1n) is 10.9. The van der Waals surface area contributed by atoms with Gasteiger partial charge in [-0.2, -0.15) is 0 Å². The van der Waals surface area contributed by atoms with Crippen molar-refractivity contribution in [2.45, 2.75) is 20.3 Å². The van der Waals surface area contributed by atoms with Gasteiger partial charge in [-0.25, -0.2) is 4.68 Å². The molecular weight excluding hydrogens is 532 g/mol. The van der Waals surface area contributed by atoms with Crippen LogP contribution in [0.3, 0.4) is 0 Å². The van der Waals surface area contributed by atoms with Crippen LogP contribution in [0.15, 0.2) is 71.2 Å². The Morgan fingerprint density at radius 1 is 0.943 bits per heavy atom. The maximum absolute atomic E-state index is 13.2. The van der Waals surface area contributed by atoms with Crippen LogP contribution in [0.25, 0.3) is 10.9 Å². The van der Waals surface area contributed by atoms with E-state index >= 15 is 0 Å². The number of nitrogens with zero attached hydrogens (tertiary/aromatic N) is 1. The third kappa shape index (κ3) is 5.39. The molecule has 3 N–H and O–H groups in total. The van der Waals surface area contributed by atoms with Crippen LogP contribution < -0.4 is 16.1 Å². The normalized spacial score (nSPS) is 10.7. The number of benzene rings is 3. The van der Waals surface area contributed by atoms with Gasteiger partial charge in [0.15, 0.2) is 0 Å². The van der Waals surface area contributed by atoms with Crippen molar-refractivity contribution in [3.63, 3.8) is 0 Å². The topological polar surface area (TPSA) is 92.2 Å². The minimum absolute atomic E-state index is 0.144. The maximum atomic E-state index is 13.2. The largest absolute Gasteiger partial charge is 0.328 e. The lowest BCUT2D eigenvalue weighted by atomic mass is 10.1. The number of hydrogen-bond donors (Lipinski definition) is 3. The molecule has 35 heavy (non-hydrogen) atoms. The number of fused-ring (bicyclic) bond motifs is 1. The van der Waals surface area contributed by atoms with Crippen molar-refractivity contribution in [3.8, 4) is 0 Å². The van der Waals surface area contributed by atoms with Gasteiger partial charge in [0.2, 0.25) is 0 Å². The molecule has 3 aromatic carbocycles. The number of carbonyl (C=O) groups is 3. The molecule has 0 aliphatic heterocycles. The van der Waals surface area contributed by atoms with Crippen molar-refractivity contribution < 1.29 is 14.4 Å². The molecule has 0 atom stereocenters. The van der Waals surface area contributed by atoms with Crippen LogP contribution in [0.2, 0.25) is 5.02 Å². The zero-order valence-corrected chi connectivity index (χ0v) is 21.3. The molecule has 0 radical (unpaired) electrons. The van der Waals surface area contributed by atoms with Gasteiger partial charge in [-0.15, -0.1) is 0 Å². The fourth-order valence-corrected chi connectivity index (χ4v) is 4.12. The second-order valence-electron chi connectivity index (χ2n) is 7.88. The molecule has 0 aliphatic rings. The molecular formula is C26H22BrClN4O3. The highest BCUT2D eigenvalue weighted by Crippen LogP contribution is 2.26. The van der Waals surface area contributed by atoms with Crippen molar-refractivity contribution in [2.24, 2.45) is 0 Å². The van der Waals surface area contributed by atoms with E-state index in [0.29, 0.717) is 32.9 Å². The molecule has 0 saturated carbocycles. The first-order valence-corrected chi connectivity index (χ1v) is 12.0. The zero-order chi connectivity index (χ0) is 25.1. The van der Waals surface area contributed by atoms with Gasteiger partial charge in [0.1, 0.15) is 5.69 Å². The lowest BCUT2D eigenvalue weighted by Crippen LogP contribution is -2.36. The number of amides is 3. The van der Waals surface area contributed by atoms with E-state index in [1.165, 1.54) is 4.68 Å². The number of nitrogens with one attached hydrogen (secondary N) is 3. The lowest BCUT2D eigenvalue weighted by Gasteiger charge is -2.14. The number of halogens is 2. The van der Waals surface area contributed by atoms with E-state index in [1.54, 1.807) is 55.5 Å². The van der Waals surface area contributed by atoms with Crippen molar-refractivity contribution in [1.29, 1.82) is 0 Å². The number of rotatable bonds is 5. The van der Waals surface area contributed by atoms with E-state index in [4.69, 9.17) is 11.6 Å². The average molecular weight is 554 g/mol. The van der Waals surface area contributed by atoms with Crippen molar-refractivity contribution in [3.05, 3.63) is 93.0 Å². The third-order valence-electron chi connectivity index (χ3n) is 5.55. The molecule has 0 bridgehead atoms. The summed E-state index contributed by atoms with van der Waals surface area (Å²) in [6, 6.07) is 19.4. The van der Waals surface area contributed by atoms with Gasteiger partial charge < -0.3 is 10.6 Å². The van der Waals surface area contributed by atoms with Crippen molar-refractivity contribution in [2.75, 3.05) is 16.1 Å². The van der Waals surface area contributed by atoms with Crippen LogP contribution >= 0.6 is 27.5 Å². The number of aromatic nitrogens is 1. The van der Waals surface area contributed by atoms with E-state index in [2.05, 4.69) is 32.0 Å². The highest BCUT2D eigenvalue weighted by molar-refractivity contribution is 9.10. The second kappa shape index (κ2) is 10.3. The van der Waals surface area contributed by atoms with E-state index < -0.39 is 17.7 Å². The van der Waals surface area contributed by atoms with Gasteiger partial charge in [0, 0.05) is 26.3 Å². The van der Waals surface area contributed by atoms with Gasteiger partial charge >= 0.3 is 11.8 Å². The van der Waals surface area contributed by atoms with E-state index in [-0.39, 0.29) is 5.69 Å². The van der Waals surface area contributed by atoms with Gasteiger partial charge in [-0.1, -0.05) is 52.7 Å². The summed E-state index contributed by atoms with van der Waals surface area (Å²) in [5, 5.41) is 6.62. The average Bonchev–Trinajstić information content (AvgIpc) is 3.19. The van der Waals surface area contributed by atoms with Gasteiger partial charge in [-0.3, -0.25) is 19.8 Å². The predicted molar refractivity (Wildman–Crippen MR) is 143 cm³/mol. The molecule has 0 unspecified atom stereocenters. The van der Waals surface area contributed by atoms with E-state index in [9.17, 15) is 14.4 Å². The number of carbonyl (C=O) groups excluding carboxylic acids is 3. The Bertz CT molecular complexity index is 1450. The van der Waals surface area contributed by atoms with Crippen LogP contribution in [0.4, 0.5) is 11.4 Å². The summed E-state index contributed by atoms with van der Waals surface area (Å²) in [7, 11) is 0. The van der Waals surface area contributed by atoms with E-state index in [1.807, 2.05) is 25.1 Å². The van der Waals surface area contributed by atoms with Crippen LogP contribution in [0.5, 0.6) is 0 Å². The van der Waals surface area contributed by atoms with Crippen LogP contribution in [-0.2, 0) is 16.0 Å². The van der Waals surface area contributed by atoms with Crippen LogP contribution in [0, 0.1) is 6.92 Å². The number of aryl methyl sites for hydroxylation is 1. The Hall–Kier alpha value is -3.62. The molecule has 0 spiro atoms. The first kappa shape index (κ1) is 24.5. The summed E-state index contributed by atoms with van der Waals surface area (Å²) in [4.78, 5) is 38.6. The first-order chi connectivity index (χ1) is 16.8. The molecule has 4 aromatic rings. The molecule has 0 fully saturated rings. The summed E-state index contributed by atoms with van der Waals surface area (Å²) in [6.45, 7) is 3.83. The Balaban J connectivity index is 1.62. The van der Waals surface area contributed by atoms with E-state index in [0.717, 1.165) is 16.5 Å². The fraction of sp³-hybridized carbons (Fsp3) is 0.115. The fourth-order valence-electron chi connectivity index (χ4n) is 3.57. The SMILES string of the molecule is CCc1ccc(NC(=O)C(=O)Nn2c(C(=O)Nc3cccc(Cl)c3C)cc3cc(Br)ccc32)cc1. The minimum Gasteiger partial charge on any atom is -0.320 e. The highest BCUT2D eigenvalue weighted by Gasteiger charge is 2.21. The molecule has 7 nitrogen and oxygen atoms in total. The third-order valence-corrected chi connectivity index (χ3v) is 6.45. The lowest BCUT2D eigenvalue weighted by molar-refractivity contribution is -0.133. The maximum Gasteiger partial charge on any atom is 0.328 e. The smallest absolute Gasteiger partial charge is 0.320 e. The quantitative estimate of drug-likeness (QED) is 0.269. The molecule has 3 amide bonds. The van der Waals surface area contributed by atoms with Crippen molar-refractivity contribution in [1.82, 2.24) is 4.68 Å². The summed E-state index contributed by atoms with van der Waals surface area (Å²) >= 11 is 9.60. The molecule has 1 heterocycles. The Morgan fingerprint density at radius 2 is 1.69 bits per heavy atom. The van der Waals surface area contributed by atoms with Gasteiger partial charge in [0.25, 0.3) is 5.91 Å². The van der Waals surface area contributed by atoms with Crippen molar-refractivity contribution >= 4 is 67.5 Å². The monoisotopic (exact) mass is 552 g/mol. The summed E-state index contributed by atoms with van der Waals surface area (Å²) in [5.74, 6) is -2.25. The molecule has 1 aromatic heterocycles. The van der Waals surface area contributed by atoms with Gasteiger partial charge in [0.05, 0.1) is 5.52 Å². The van der Waals surface area contributed by atoms with Crippen LogP contribution in [-0.4, -0.2) is 22.4 Å². The Kier molecular flexibility index (Phi) is 7.23. The van der Waals surface area contributed by atoms with Crippen LogP contribution in [0.1, 0.15) is 28.5 Å². The summed E-state index contributed by atoms with van der Waals surface area (Å²) in [5.41, 5.74) is 6.11. The minimum atomic E-state index is -0.919. The summed E-state index contributed by atoms with van der Waals surface area (Å²) < 4.78 is 2.11. The van der Waals surface area contributed by atoms with Gasteiger partial charge in [-0.05, 0) is 73.0 Å². The Labute approximate surface area is 215 Å². The Morgan fingerprint density at radius 3 is 2.40 bits per heavy atom. The second-order valence-corrected chi connectivity index (χ2v) is 9.20. The molecule has 4 rings (SSSR count). The number of anilines is 2.